The normalized spacial score (nSPS) is 13.7. The van der Waals surface area contributed by atoms with Gasteiger partial charge in [-0.15, -0.1) is 0 Å². The van der Waals surface area contributed by atoms with Crippen LogP contribution in [0.1, 0.15) is 16.7 Å². The number of rotatable bonds is 3. The van der Waals surface area contributed by atoms with E-state index in [0.29, 0.717) is 19.5 Å². The summed E-state index contributed by atoms with van der Waals surface area (Å²) in [5.41, 5.74) is 9.97. The number of nitrogens with zero attached hydrogens (tertiary/aromatic N) is 1. The first kappa shape index (κ1) is 11.9. The minimum atomic E-state index is 0.170. The van der Waals surface area contributed by atoms with Crippen molar-refractivity contribution in [3.8, 4) is 0 Å². The van der Waals surface area contributed by atoms with Gasteiger partial charge in [0.2, 0.25) is 5.91 Å². The molecule has 2 aromatic rings. The molecule has 0 fully saturated rings. The third kappa shape index (κ3) is 2.25. The molecule has 2 aromatic carbocycles. The second-order valence-corrected chi connectivity index (χ2v) is 4.81. The summed E-state index contributed by atoms with van der Waals surface area (Å²) in [4.78, 5) is 13.9. The average molecular weight is 252 g/mol. The lowest BCUT2D eigenvalue weighted by Crippen LogP contribution is -2.25. The Labute approximate surface area is 112 Å². The number of hydrogen-bond donors (Lipinski definition) is 1. The van der Waals surface area contributed by atoms with E-state index in [1.54, 1.807) is 0 Å². The van der Waals surface area contributed by atoms with Gasteiger partial charge in [-0.2, -0.15) is 0 Å². The monoisotopic (exact) mass is 252 g/mol. The topological polar surface area (TPSA) is 46.3 Å². The summed E-state index contributed by atoms with van der Waals surface area (Å²) in [5, 5.41) is 0. The van der Waals surface area contributed by atoms with Gasteiger partial charge in [0.05, 0.1) is 13.0 Å². The number of anilines is 1. The van der Waals surface area contributed by atoms with Crippen molar-refractivity contribution in [3.63, 3.8) is 0 Å². The van der Waals surface area contributed by atoms with Gasteiger partial charge in [-0.05, 0) is 22.8 Å². The van der Waals surface area contributed by atoms with Crippen LogP contribution in [0.3, 0.4) is 0 Å². The van der Waals surface area contributed by atoms with Crippen molar-refractivity contribution < 1.29 is 4.79 Å². The van der Waals surface area contributed by atoms with Gasteiger partial charge in [0.1, 0.15) is 0 Å². The highest BCUT2D eigenvalue weighted by molar-refractivity contribution is 6.01. The number of nitrogens with two attached hydrogens (primary N) is 1. The molecule has 1 aliphatic heterocycles. The van der Waals surface area contributed by atoms with E-state index in [9.17, 15) is 4.79 Å². The molecule has 0 bridgehead atoms. The molecule has 1 aliphatic rings. The Bertz CT molecular complexity index is 604. The third-order valence-corrected chi connectivity index (χ3v) is 3.52. The van der Waals surface area contributed by atoms with Crippen LogP contribution in [0.15, 0.2) is 48.5 Å². The van der Waals surface area contributed by atoms with Crippen LogP contribution in [-0.2, 0) is 24.3 Å². The van der Waals surface area contributed by atoms with E-state index in [1.807, 2.05) is 53.4 Å². The number of amides is 1. The second kappa shape index (κ2) is 4.86. The van der Waals surface area contributed by atoms with Gasteiger partial charge >= 0.3 is 0 Å². The van der Waals surface area contributed by atoms with Crippen molar-refractivity contribution in [1.29, 1.82) is 0 Å². The number of para-hydroxylation sites is 1. The van der Waals surface area contributed by atoms with Crippen molar-refractivity contribution in [2.45, 2.75) is 19.5 Å². The molecule has 0 atom stereocenters. The molecule has 3 heteroatoms. The fraction of sp³-hybridized carbons (Fsp3) is 0.188. The second-order valence-electron chi connectivity index (χ2n) is 4.81. The minimum Gasteiger partial charge on any atom is -0.326 e. The summed E-state index contributed by atoms with van der Waals surface area (Å²) < 4.78 is 0. The Morgan fingerprint density at radius 3 is 2.42 bits per heavy atom. The Hall–Kier alpha value is -2.13. The average Bonchev–Trinajstić information content (AvgIpc) is 2.76. The molecule has 0 saturated heterocycles. The third-order valence-electron chi connectivity index (χ3n) is 3.52. The fourth-order valence-electron chi connectivity index (χ4n) is 2.45. The Morgan fingerprint density at radius 1 is 1.00 bits per heavy atom. The Balaban J connectivity index is 1.84. The molecule has 0 unspecified atom stereocenters. The molecule has 0 aliphatic carbocycles. The molecular formula is C16H16N2O. The Morgan fingerprint density at radius 2 is 1.68 bits per heavy atom. The summed E-state index contributed by atoms with van der Waals surface area (Å²) in [6, 6.07) is 16.1. The maximum atomic E-state index is 12.1. The van der Waals surface area contributed by atoms with E-state index in [4.69, 9.17) is 5.73 Å². The van der Waals surface area contributed by atoms with Gasteiger partial charge in [0, 0.05) is 12.2 Å². The van der Waals surface area contributed by atoms with E-state index in [0.717, 1.165) is 22.4 Å². The molecule has 0 radical (unpaired) electrons. The number of carbonyl (C=O) groups is 1. The van der Waals surface area contributed by atoms with Gasteiger partial charge in [-0.25, -0.2) is 0 Å². The van der Waals surface area contributed by atoms with Gasteiger partial charge < -0.3 is 10.6 Å². The maximum Gasteiger partial charge on any atom is 0.231 e. The first-order valence-electron chi connectivity index (χ1n) is 6.44. The molecule has 1 heterocycles. The standard InChI is InChI=1S/C16H16N2O/c17-10-12-5-7-13(8-6-12)11-18-15-4-2-1-3-14(15)9-16(18)19/h1-8H,9-11,17H2. The van der Waals surface area contributed by atoms with Gasteiger partial charge in [-0.1, -0.05) is 42.5 Å². The molecule has 0 aromatic heterocycles. The van der Waals surface area contributed by atoms with E-state index in [-0.39, 0.29) is 5.91 Å². The molecule has 1 amide bonds. The number of carbonyl (C=O) groups excluding carboxylic acids is 1. The molecule has 3 rings (SSSR count). The molecular weight excluding hydrogens is 236 g/mol. The summed E-state index contributed by atoms with van der Waals surface area (Å²) in [5.74, 6) is 0.170. The first-order chi connectivity index (χ1) is 9.28. The number of benzene rings is 2. The van der Waals surface area contributed by atoms with Crippen LogP contribution in [0.5, 0.6) is 0 Å². The van der Waals surface area contributed by atoms with Crippen molar-refractivity contribution in [2.24, 2.45) is 5.73 Å². The van der Waals surface area contributed by atoms with Gasteiger partial charge in [0.25, 0.3) is 0 Å². The molecule has 2 N–H and O–H groups in total. The smallest absolute Gasteiger partial charge is 0.231 e. The van der Waals surface area contributed by atoms with Crippen LogP contribution in [0.25, 0.3) is 0 Å². The Kier molecular flexibility index (Phi) is 3.05. The van der Waals surface area contributed by atoms with Crippen molar-refractivity contribution in [1.82, 2.24) is 0 Å². The lowest BCUT2D eigenvalue weighted by molar-refractivity contribution is -0.117. The fourth-order valence-corrected chi connectivity index (χ4v) is 2.45. The minimum absolute atomic E-state index is 0.170. The highest BCUT2D eigenvalue weighted by atomic mass is 16.2. The highest BCUT2D eigenvalue weighted by Gasteiger charge is 2.26. The van der Waals surface area contributed by atoms with Crippen LogP contribution >= 0.6 is 0 Å². The van der Waals surface area contributed by atoms with E-state index in [2.05, 4.69) is 0 Å². The van der Waals surface area contributed by atoms with E-state index < -0.39 is 0 Å². The van der Waals surface area contributed by atoms with E-state index in [1.165, 1.54) is 0 Å². The number of fused-ring (bicyclic) bond motifs is 1. The van der Waals surface area contributed by atoms with Crippen LogP contribution in [0, 0.1) is 0 Å². The number of hydrogen-bond acceptors (Lipinski definition) is 2. The van der Waals surface area contributed by atoms with Crippen LogP contribution < -0.4 is 10.6 Å². The SMILES string of the molecule is NCc1ccc(CN2C(=O)Cc3ccccc32)cc1. The largest absolute Gasteiger partial charge is 0.326 e. The molecule has 3 nitrogen and oxygen atoms in total. The summed E-state index contributed by atoms with van der Waals surface area (Å²) >= 11 is 0. The molecule has 96 valence electrons. The zero-order valence-corrected chi connectivity index (χ0v) is 10.7. The maximum absolute atomic E-state index is 12.1. The first-order valence-corrected chi connectivity index (χ1v) is 6.44. The lowest BCUT2D eigenvalue weighted by Gasteiger charge is -2.17. The van der Waals surface area contributed by atoms with Crippen LogP contribution in [0.4, 0.5) is 5.69 Å². The predicted octanol–water partition coefficient (Wildman–Crippen LogP) is 2.23. The predicted molar refractivity (Wildman–Crippen MR) is 75.7 cm³/mol. The zero-order valence-electron chi connectivity index (χ0n) is 10.7. The van der Waals surface area contributed by atoms with Crippen molar-refractivity contribution in [2.75, 3.05) is 4.90 Å². The van der Waals surface area contributed by atoms with Gasteiger partial charge in [0.15, 0.2) is 0 Å². The van der Waals surface area contributed by atoms with Crippen molar-refractivity contribution in [3.05, 3.63) is 65.2 Å². The van der Waals surface area contributed by atoms with Crippen LogP contribution in [-0.4, -0.2) is 5.91 Å². The molecule has 0 spiro atoms. The van der Waals surface area contributed by atoms with E-state index >= 15 is 0 Å². The van der Waals surface area contributed by atoms with Crippen LogP contribution in [0.2, 0.25) is 0 Å². The molecule has 0 saturated carbocycles. The lowest BCUT2D eigenvalue weighted by atomic mass is 10.1. The zero-order chi connectivity index (χ0) is 13.2. The quantitative estimate of drug-likeness (QED) is 0.910. The summed E-state index contributed by atoms with van der Waals surface area (Å²) in [6.45, 7) is 1.17. The highest BCUT2D eigenvalue weighted by Crippen LogP contribution is 2.29. The van der Waals surface area contributed by atoms with Crippen molar-refractivity contribution >= 4 is 11.6 Å². The summed E-state index contributed by atoms with van der Waals surface area (Å²) in [7, 11) is 0. The summed E-state index contributed by atoms with van der Waals surface area (Å²) in [6.07, 6.45) is 0.511. The molecule has 19 heavy (non-hydrogen) atoms. The van der Waals surface area contributed by atoms with Gasteiger partial charge in [-0.3, -0.25) is 4.79 Å².